The van der Waals surface area contributed by atoms with E-state index >= 15 is 0 Å². The highest BCUT2D eigenvalue weighted by atomic mass is 35.5. The molecular weight excluding hydrogens is 363 g/mol. The van der Waals surface area contributed by atoms with Crippen LogP contribution in [0.15, 0.2) is 24.3 Å². The van der Waals surface area contributed by atoms with E-state index in [0.717, 1.165) is 24.3 Å². The van der Waals surface area contributed by atoms with Crippen LogP contribution in [0.1, 0.15) is 39.0 Å². The highest BCUT2D eigenvalue weighted by Crippen LogP contribution is 2.39. The molecule has 1 amide bonds. The Morgan fingerprint density at radius 3 is 2.96 bits per heavy atom. The molecule has 4 nitrogen and oxygen atoms in total. The van der Waals surface area contributed by atoms with Gasteiger partial charge in [-0.2, -0.15) is 0 Å². The topological polar surface area (TPSA) is 41.6 Å². The summed E-state index contributed by atoms with van der Waals surface area (Å²) in [5, 5.41) is 2.97. The van der Waals surface area contributed by atoms with Gasteiger partial charge in [0, 0.05) is 30.1 Å². The lowest BCUT2D eigenvalue weighted by molar-refractivity contribution is 0.0967. The summed E-state index contributed by atoms with van der Waals surface area (Å²) in [6, 6.07) is 6.93. The smallest absolute Gasteiger partial charge is 0.261 e. The number of likely N-dealkylation sites (tertiary alicyclic amines) is 1. The van der Waals surface area contributed by atoms with Crippen LogP contribution < -0.4 is 10.1 Å². The SMILES string of the molecule is CNC(=O)c1ccc(C2CCCN2Cc2c(F)ccc(OC)c2Cl)s1. The van der Waals surface area contributed by atoms with Crippen molar-refractivity contribution in [3.63, 3.8) is 0 Å². The fourth-order valence-corrected chi connectivity index (χ4v) is 4.61. The second-order valence-electron chi connectivity index (χ2n) is 5.95. The van der Waals surface area contributed by atoms with Crippen LogP contribution in [0.4, 0.5) is 4.39 Å². The van der Waals surface area contributed by atoms with Crippen molar-refractivity contribution in [2.75, 3.05) is 20.7 Å². The number of ether oxygens (including phenoxy) is 1. The van der Waals surface area contributed by atoms with Gasteiger partial charge in [-0.05, 0) is 43.7 Å². The van der Waals surface area contributed by atoms with Crippen LogP contribution in [0.5, 0.6) is 5.75 Å². The largest absolute Gasteiger partial charge is 0.495 e. The minimum atomic E-state index is -0.325. The molecular formula is C18H20ClFN2O2S. The van der Waals surface area contributed by atoms with Crippen molar-refractivity contribution < 1.29 is 13.9 Å². The summed E-state index contributed by atoms with van der Waals surface area (Å²) in [6.45, 7) is 1.28. The minimum absolute atomic E-state index is 0.0809. The Hall–Kier alpha value is -1.63. The Balaban J connectivity index is 1.83. The molecule has 1 aliphatic heterocycles. The number of carbonyl (C=O) groups excluding carboxylic acids is 1. The van der Waals surface area contributed by atoms with Gasteiger partial charge in [0.25, 0.3) is 5.91 Å². The third-order valence-electron chi connectivity index (χ3n) is 4.50. The van der Waals surface area contributed by atoms with E-state index < -0.39 is 0 Å². The summed E-state index contributed by atoms with van der Waals surface area (Å²) < 4.78 is 19.5. The van der Waals surface area contributed by atoms with Gasteiger partial charge in [-0.15, -0.1) is 11.3 Å². The summed E-state index contributed by atoms with van der Waals surface area (Å²) in [5.41, 5.74) is 0.455. The van der Waals surface area contributed by atoms with Gasteiger partial charge in [-0.3, -0.25) is 9.69 Å². The molecule has 0 spiro atoms. The Kier molecular flexibility index (Phi) is 5.61. The molecule has 7 heteroatoms. The standard InChI is InChI=1S/C18H20ClFN2O2S/c1-21-18(23)16-8-7-15(25-16)13-4-3-9-22(13)10-11-12(20)5-6-14(24-2)17(11)19/h5-8,13H,3-4,9-10H2,1-2H3,(H,21,23). The number of benzene rings is 1. The van der Waals surface area contributed by atoms with Crippen molar-refractivity contribution in [1.82, 2.24) is 10.2 Å². The fraction of sp³-hybridized carbons (Fsp3) is 0.389. The number of hydrogen-bond acceptors (Lipinski definition) is 4. The number of methoxy groups -OCH3 is 1. The first-order valence-electron chi connectivity index (χ1n) is 8.12. The number of rotatable bonds is 5. The fourth-order valence-electron chi connectivity index (χ4n) is 3.20. The van der Waals surface area contributed by atoms with Crippen LogP contribution in [0.3, 0.4) is 0 Å². The maximum atomic E-state index is 14.3. The molecule has 1 unspecified atom stereocenters. The first-order valence-corrected chi connectivity index (χ1v) is 9.31. The summed E-state index contributed by atoms with van der Waals surface area (Å²) in [5.74, 6) is 0.0724. The van der Waals surface area contributed by atoms with Crippen LogP contribution in [-0.4, -0.2) is 31.5 Å². The maximum Gasteiger partial charge on any atom is 0.261 e. The zero-order valence-corrected chi connectivity index (χ0v) is 15.7. The van der Waals surface area contributed by atoms with E-state index in [9.17, 15) is 9.18 Å². The first kappa shape index (κ1) is 18.2. The number of carbonyl (C=O) groups is 1. The van der Waals surface area contributed by atoms with Crippen LogP contribution >= 0.6 is 22.9 Å². The van der Waals surface area contributed by atoms with Crippen LogP contribution in [0.25, 0.3) is 0 Å². The van der Waals surface area contributed by atoms with Gasteiger partial charge >= 0.3 is 0 Å². The van der Waals surface area contributed by atoms with Crippen LogP contribution in [0.2, 0.25) is 5.02 Å². The van der Waals surface area contributed by atoms with Crippen molar-refractivity contribution in [1.29, 1.82) is 0 Å². The third-order valence-corrected chi connectivity index (χ3v) is 6.10. The number of nitrogens with one attached hydrogen (secondary N) is 1. The minimum Gasteiger partial charge on any atom is -0.495 e. The monoisotopic (exact) mass is 382 g/mol. The van der Waals surface area contributed by atoms with Gasteiger partial charge in [-0.1, -0.05) is 11.6 Å². The molecule has 1 N–H and O–H groups in total. The number of nitrogens with zero attached hydrogens (tertiary/aromatic N) is 1. The van der Waals surface area contributed by atoms with Crippen molar-refractivity contribution >= 4 is 28.8 Å². The van der Waals surface area contributed by atoms with E-state index in [4.69, 9.17) is 16.3 Å². The van der Waals surface area contributed by atoms with E-state index in [1.807, 2.05) is 12.1 Å². The van der Waals surface area contributed by atoms with E-state index in [0.29, 0.717) is 27.8 Å². The Morgan fingerprint density at radius 1 is 1.44 bits per heavy atom. The molecule has 3 rings (SSSR count). The van der Waals surface area contributed by atoms with Gasteiger partial charge in [0.15, 0.2) is 0 Å². The number of hydrogen-bond donors (Lipinski definition) is 1. The lowest BCUT2D eigenvalue weighted by atomic mass is 10.1. The molecule has 2 heterocycles. The molecule has 1 aromatic carbocycles. The first-order chi connectivity index (χ1) is 12.0. The van der Waals surface area contributed by atoms with E-state index in [2.05, 4.69) is 10.2 Å². The molecule has 134 valence electrons. The van der Waals surface area contributed by atoms with Gasteiger partial charge in [-0.25, -0.2) is 4.39 Å². The van der Waals surface area contributed by atoms with Crippen molar-refractivity contribution in [3.8, 4) is 5.75 Å². The third kappa shape index (κ3) is 3.66. The van der Waals surface area contributed by atoms with Gasteiger partial charge in [0.05, 0.1) is 17.0 Å². The average Bonchev–Trinajstić information content (AvgIpc) is 3.27. The molecule has 0 aliphatic carbocycles. The predicted octanol–water partition coefficient (Wildman–Crippen LogP) is 4.25. The summed E-state index contributed by atoms with van der Waals surface area (Å²) >= 11 is 7.80. The average molecular weight is 383 g/mol. The van der Waals surface area contributed by atoms with Crippen molar-refractivity contribution in [2.45, 2.75) is 25.4 Å². The molecule has 2 aromatic rings. The second kappa shape index (κ2) is 7.72. The Bertz CT molecular complexity index is 780. The van der Waals surface area contributed by atoms with E-state index in [1.54, 1.807) is 7.05 Å². The molecule has 1 aromatic heterocycles. The summed E-state index contributed by atoms with van der Waals surface area (Å²) in [7, 11) is 3.14. The highest BCUT2D eigenvalue weighted by molar-refractivity contribution is 7.14. The molecule has 1 fully saturated rings. The number of amides is 1. The van der Waals surface area contributed by atoms with Crippen molar-refractivity contribution in [2.24, 2.45) is 0 Å². The summed E-state index contributed by atoms with van der Waals surface area (Å²) in [6.07, 6.45) is 2.01. The number of halogens is 2. The van der Waals surface area contributed by atoms with Gasteiger partial charge in [0.1, 0.15) is 11.6 Å². The second-order valence-corrected chi connectivity index (χ2v) is 7.45. The van der Waals surface area contributed by atoms with Crippen molar-refractivity contribution in [3.05, 3.63) is 50.4 Å². The molecule has 1 aliphatic rings. The Labute approximate surface area is 155 Å². The molecule has 0 bridgehead atoms. The maximum absolute atomic E-state index is 14.3. The normalized spacial score (nSPS) is 17.7. The lowest BCUT2D eigenvalue weighted by Crippen LogP contribution is -2.23. The number of thiophene rings is 1. The zero-order chi connectivity index (χ0) is 18.0. The summed E-state index contributed by atoms with van der Waals surface area (Å²) in [4.78, 5) is 15.8. The quantitative estimate of drug-likeness (QED) is 0.840. The molecule has 1 saturated heterocycles. The molecule has 0 saturated carbocycles. The highest BCUT2D eigenvalue weighted by Gasteiger charge is 2.29. The molecule has 0 radical (unpaired) electrons. The van der Waals surface area contributed by atoms with Gasteiger partial charge in [0.2, 0.25) is 0 Å². The Morgan fingerprint density at radius 2 is 2.24 bits per heavy atom. The van der Waals surface area contributed by atoms with Gasteiger partial charge < -0.3 is 10.1 Å². The lowest BCUT2D eigenvalue weighted by Gasteiger charge is -2.24. The molecule has 1 atom stereocenters. The van der Waals surface area contributed by atoms with Crippen LogP contribution in [0, 0.1) is 5.82 Å². The predicted molar refractivity (Wildman–Crippen MR) is 98.1 cm³/mol. The zero-order valence-electron chi connectivity index (χ0n) is 14.1. The molecule has 25 heavy (non-hydrogen) atoms. The van der Waals surface area contributed by atoms with E-state index in [-0.39, 0.29) is 17.8 Å². The van der Waals surface area contributed by atoms with Crippen LogP contribution in [-0.2, 0) is 6.54 Å². The van der Waals surface area contributed by atoms with E-state index in [1.165, 1.54) is 30.6 Å².